The normalized spacial score (nSPS) is 27.3. The van der Waals surface area contributed by atoms with E-state index in [-0.39, 0.29) is 11.4 Å². The second-order valence-electron chi connectivity index (χ2n) is 3.97. The molecule has 1 aliphatic rings. The number of esters is 1. The Morgan fingerprint density at radius 2 is 2.29 bits per heavy atom. The molecule has 1 rings (SSSR count). The van der Waals surface area contributed by atoms with Crippen LogP contribution < -0.4 is 5.32 Å². The fraction of sp³-hybridized carbons (Fsp3) is 0.900. The minimum absolute atomic E-state index is 0.109. The van der Waals surface area contributed by atoms with Crippen LogP contribution in [-0.2, 0) is 14.3 Å². The predicted molar refractivity (Wildman–Crippen MR) is 53.0 cm³/mol. The molecule has 4 heteroatoms. The van der Waals surface area contributed by atoms with Crippen molar-refractivity contribution >= 4 is 5.97 Å². The summed E-state index contributed by atoms with van der Waals surface area (Å²) in [5.74, 6) is -0.109. The molecule has 0 aromatic heterocycles. The molecule has 0 aromatic rings. The molecule has 0 radical (unpaired) electrons. The highest BCUT2D eigenvalue weighted by Crippen LogP contribution is 2.26. The highest BCUT2D eigenvalue weighted by molar-refractivity contribution is 5.76. The third-order valence-corrected chi connectivity index (χ3v) is 2.61. The number of ether oxygens (including phenoxy) is 2. The first-order chi connectivity index (χ1) is 6.69. The van der Waals surface area contributed by atoms with E-state index in [4.69, 9.17) is 9.47 Å². The van der Waals surface area contributed by atoms with E-state index in [1.807, 2.05) is 6.92 Å². The Kier molecular flexibility index (Phi) is 4.35. The second kappa shape index (κ2) is 5.32. The average Bonchev–Trinajstić information content (AvgIpc) is 2.19. The largest absolute Gasteiger partial charge is 0.463 e. The van der Waals surface area contributed by atoms with Gasteiger partial charge in [0.1, 0.15) is 6.61 Å². The topological polar surface area (TPSA) is 47.6 Å². The lowest BCUT2D eigenvalue weighted by atomic mass is 9.83. The van der Waals surface area contributed by atoms with Crippen LogP contribution in [0.2, 0.25) is 0 Å². The number of methoxy groups -OCH3 is 1. The summed E-state index contributed by atoms with van der Waals surface area (Å²) in [6.45, 7) is 4.49. The van der Waals surface area contributed by atoms with Crippen LogP contribution in [0.25, 0.3) is 0 Å². The molecule has 1 unspecified atom stereocenters. The second-order valence-corrected chi connectivity index (χ2v) is 3.97. The van der Waals surface area contributed by atoms with Gasteiger partial charge in [-0.3, -0.25) is 4.79 Å². The molecule has 0 aromatic carbocycles. The fourth-order valence-corrected chi connectivity index (χ4v) is 1.62. The minimum atomic E-state index is -0.341. The van der Waals surface area contributed by atoms with Gasteiger partial charge in [0.2, 0.25) is 0 Å². The molecule has 1 heterocycles. The van der Waals surface area contributed by atoms with Crippen LogP contribution in [0, 0.1) is 5.41 Å². The number of nitrogens with one attached hydrogen (secondary N) is 1. The van der Waals surface area contributed by atoms with Crippen molar-refractivity contribution in [2.24, 2.45) is 5.41 Å². The van der Waals surface area contributed by atoms with Gasteiger partial charge in [-0.2, -0.15) is 0 Å². The van der Waals surface area contributed by atoms with E-state index in [9.17, 15) is 4.79 Å². The molecule has 1 atom stereocenters. The van der Waals surface area contributed by atoms with E-state index in [0.29, 0.717) is 13.2 Å². The quantitative estimate of drug-likeness (QED) is 0.533. The van der Waals surface area contributed by atoms with Crippen molar-refractivity contribution in [3.8, 4) is 0 Å². The summed E-state index contributed by atoms with van der Waals surface area (Å²) in [4.78, 5) is 11.7. The summed E-state index contributed by atoms with van der Waals surface area (Å²) in [5, 5.41) is 3.21. The monoisotopic (exact) mass is 201 g/mol. The van der Waals surface area contributed by atoms with Crippen molar-refractivity contribution in [2.75, 3.05) is 33.4 Å². The van der Waals surface area contributed by atoms with E-state index in [1.165, 1.54) is 0 Å². The SMILES string of the molecule is COCCOC(=O)C1(C)CCCNC1. The third-order valence-electron chi connectivity index (χ3n) is 2.61. The molecule has 0 spiro atoms. The fourth-order valence-electron chi connectivity index (χ4n) is 1.62. The summed E-state index contributed by atoms with van der Waals surface area (Å²) >= 11 is 0. The van der Waals surface area contributed by atoms with Gasteiger partial charge in [-0.05, 0) is 26.3 Å². The van der Waals surface area contributed by atoms with E-state index in [1.54, 1.807) is 7.11 Å². The van der Waals surface area contributed by atoms with Crippen molar-refractivity contribution < 1.29 is 14.3 Å². The van der Waals surface area contributed by atoms with Crippen LogP contribution >= 0.6 is 0 Å². The molecule has 1 fully saturated rings. The van der Waals surface area contributed by atoms with Gasteiger partial charge in [0, 0.05) is 13.7 Å². The van der Waals surface area contributed by atoms with Crippen molar-refractivity contribution in [3.05, 3.63) is 0 Å². The van der Waals surface area contributed by atoms with Crippen LogP contribution in [-0.4, -0.2) is 39.4 Å². The maximum absolute atomic E-state index is 11.7. The lowest BCUT2D eigenvalue weighted by Gasteiger charge is -2.31. The lowest BCUT2D eigenvalue weighted by molar-refractivity contribution is -0.157. The van der Waals surface area contributed by atoms with Gasteiger partial charge in [0.25, 0.3) is 0 Å². The first-order valence-corrected chi connectivity index (χ1v) is 5.06. The molecule has 0 bridgehead atoms. The maximum atomic E-state index is 11.7. The predicted octanol–water partition coefficient (Wildman–Crippen LogP) is 0.566. The van der Waals surface area contributed by atoms with E-state index in [2.05, 4.69) is 5.32 Å². The number of hydrogen-bond acceptors (Lipinski definition) is 4. The number of piperidine rings is 1. The van der Waals surface area contributed by atoms with Crippen LogP contribution in [0.15, 0.2) is 0 Å². The van der Waals surface area contributed by atoms with Crippen LogP contribution in [0.1, 0.15) is 19.8 Å². The zero-order chi connectivity index (χ0) is 10.4. The van der Waals surface area contributed by atoms with Crippen LogP contribution in [0.4, 0.5) is 0 Å². The molecule has 14 heavy (non-hydrogen) atoms. The van der Waals surface area contributed by atoms with Crippen molar-refractivity contribution in [2.45, 2.75) is 19.8 Å². The lowest BCUT2D eigenvalue weighted by Crippen LogP contribution is -2.44. The molecular formula is C10H19NO3. The molecule has 4 nitrogen and oxygen atoms in total. The zero-order valence-electron chi connectivity index (χ0n) is 8.97. The number of rotatable bonds is 4. The summed E-state index contributed by atoms with van der Waals surface area (Å²) in [5.41, 5.74) is -0.341. The van der Waals surface area contributed by atoms with E-state index in [0.717, 1.165) is 25.9 Å². The van der Waals surface area contributed by atoms with Crippen LogP contribution in [0.3, 0.4) is 0 Å². The molecule has 1 aliphatic heterocycles. The average molecular weight is 201 g/mol. The van der Waals surface area contributed by atoms with E-state index >= 15 is 0 Å². The zero-order valence-corrected chi connectivity index (χ0v) is 8.97. The number of carbonyl (C=O) groups is 1. The van der Waals surface area contributed by atoms with Crippen LogP contribution in [0.5, 0.6) is 0 Å². The van der Waals surface area contributed by atoms with Gasteiger partial charge in [-0.25, -0.2) is 0 Å². The molecule has 0 amide bonds. The Hall–Kier alpha value is -0.610. The third kappa shape index (κ3) is 2.96. The summed E-state index contributed by atoms with van der Waals surface area (Å²) in [7, 11) is 1.59. The Bertz CT molecular complexity index is 188. The van der Waals surface area contributed by atoms with Crippen molar-refractivity contribution in [1.82, 2.24) is 5.32 Å². The van der Waals surface area contributed by atoms with Gasteiger partial charge >= 0.3 is 5.97 Å². The molecule has 0 saturated carbocycles. The molecule has 1 saturated heterocycles. The van der Waals surface area contributed by atoms with E-state index < -0.39 is 0 Å². The smallest absolute Gasteiger partial charge is 0.313 e. The van der Waals surface area contributed by atoms with Gasteiger partial charge in [-0.1, -0.05) is 0 Å². The minimum Gasteiger partial charge on any atom is -0.463 e. The molecule has 1 N–H and O–H groups in total. The van der Waals surface area contributed by atoms with Gasteiger partial charge in [-0.15, -0.1) is 0 Å². The molecular weight excluding hydrogens is 182 g/mol. The Labute approximate surface area is 85.0 Å². The molecule has 82 valence electrons. The van der Waals surface area contributed by atoms with Gasteiger partial charge < -0.3 is 14.8 Å². The highest BCUT2D eigenvalue weighted by atomic mass is 16.6. The standard InChI is InChI=1S/C10H19NO3/c1-10(4-3-5-11-8-10)9(12)14-7-6-13-2/h11H,3-8H2,1-2H3. The summed E-state index contributed by atoms with van der Waals surface area (Å²) in [6.07, 6.45) is 1.95. The summed E-state index contributed by atoms with van der Waals surface area (Å²) < 4.78 is 9.94. The Balaban J connectivity index is 2.33. The van der Waals surface area contributed by atoms with Crippen molar-refractivity contribution in [3.63, 3.8) is 0 Å². The number of carbonyl (C=O) groups excluding carboxylic acids is 1. The summed E-state index contributed by atoms with van der Waals surface area (Å²) in [6, 6.07) is 0. The first-order valence-electron chi connectivity index (χ1n) is 5.06. The maximum Gasteiger partial charge on any atom is 0.313 e. The van der Waals surface area contributed by atoms with Gasteiger partial charge in [0.15, 0.2) is 0 Å². The highest BCUT2D eigenvalue weighted by Gasteiger charge is 2.35. The Morgan fingerprint density at radius 1 is 1.50 bits per heavy atom. The Morgan fingerprint density at radius 3 is 2.86 bits per heavy atom. The molecule has 0 aliphatic carbocycles. The number of hydrogen-bond donors (Lipinski definition) is 1. The first kappa shape index (κ1) is 11.5. The van der Waals surface area contributed by atoms with Crippen molar-refractivity contribution in [1.29, 1.82) is 0 Å². The van der Waals surface area contributed by atoms with Gasteiger partial charge in [0.05, 0.1) is 12.0 Å².